The minimum Gasteiger partial charge on any atom is -0.456 e. The monoisotopic (exact) mass is 681 g/mol. The largest absolute Gasteiger partial charge is 0.456 e. The molecule has 2 heterocycles. The summed E-state index contributed by atoms with van der Waals surface area (Å²) in [5, 5.41) is 2.04. The van der Waals surface area contributed by atoms with Crippen LogP contribution in [-0.4, -0.2) is 15.0 Å². The van der Waals surface area contributed by atoms with Crippen molar-refractivity contribution in [3.8, 4) is 56.4 Å². The molecule has 8 aromatic rings. The van der Waals surface area contributed by atoms with Crippen LogP contribution in [0.4, 0.5) is 0 Å². The number of allylic oxidation sites excluding steroid dienone is 6. The number of rotatable bonds is 6. The van der Waals surface area contributed by atoms with Gasteiger partial charge in [-0.25, -0.2) is 15.0 Å². The average molecular weight is 682 g/mol. The molecule has 6 aromatic carbocycles. The summed E-state index contributed by atoms with van der Waals surface area (Å²) in [6.45, 7) is 0. The molecule has 252 valence electrons. The molecule has 2 aromatic heterocycles. The fourth-order valence-electron chi connectivity index (χ4n) is 7.88. The highest BCUT2D eigenvalue weighted by atomic mass is 16.3. The van der Waals surface area contributed by atoms with Crippen molar-refractivity contribution in [1.82, 2.24) is 15.0 Å². The van der Waals surface area contributed by atoms with Gasteiger partial charge in [0.15, 0.2) is 17.5 Å². The maximum Gasteiger partial charge on any atom is 0.164 e. The summed E-state index contributed by atoms with van der Waals surface area (Å²) in [5.74, 6) is 2.24. The highest BCUT2D eigenvalue weighted by molar-refractivity contribution is 6.17. The molecule has 0 N–H and O–H groups in total. The van der Waals surface area contributed by atoms with E-state index in [4.69, 9.17) is 19.4 Å². The summed E-state index contributed by atoms with van der Waals surface area (Å²) in [6.07, 6.45) is 12.6. The fraction of sp³-hybridized carbons (Fsp3) is 0.0816. The molecular weight excluding hydrogens is 647 g/mol. The molecule has 0 spiro atoms. The van der Waals surface area contributed by atoms with Crippen molar-refractivity contribution in [2.75, 3.05) is 0 Å². The maximum atomic E-state index is 6.52. The minimum atomic E-state index is 0.357. The molecule has 0 radical (unpaired) electrons. The van der Waals surface area contributed by atoms with E-state index in [-0.39, 0.29) is 0 Å². The van der Waals surface area contributed by atoms with Gasteiger partial charge in [-0.3, -0.25) is 0 Å². The van der Waals surface area contributed by atoms with Gasteiger partial charge in [-0.2, -0.15) is 0 Å². The second-order valence-corrected chi connectivity index (χ2v) is 13.9. The van der Waals surface area contributed by atoms with E-state index in [1.165, 1.54) is 27.8 Å². The van der Waals surface area contributed by atoms with Crippen LogP contribution in [0.5, 0.6) is 0 Å². The van der Waals surface area contributed by atoms with Crippen LogP contribution in [0, 0.1) is 0 Å². The van der Waals surface area contributed by atoms with Crippen LogP contribution in [0.25, 0.3) is 78.4 Å². The van der Waals surface area contributed by atoms with Crippen molar-refractivity contribution in [1.29, 1.82) is 0 Å². The zero-order valence-electron chi connectivity index (χ0n) is 29.1. The summed E-state index contributed by atoms with van der Waals surface area (Å²) in [4.78, 5) is 15.4. The second kappa shape index (κ2) is 13.2. The number of benzene rings is 6. The number of hydrogen-bond acceptors (Lipinski definition) is 4. The maximum absolute atomic E-state index is 6.52. The van der Waals surface area contributed by atoms with E-state index < -0.39 is 0 Å². The molecular formula is C49H35N3O. The van der Waals surface area contributed by atoms with Crippen LogP contribution < -0.4 is 0 Å². The summed E-state index contributed by atoms with van der Waals surface area (Å²) >= 11 is 0. The Kier molecular flexibility index (Phi) is 7.72. The smallest absolute Gasteiger partial charge is 0.164 e. The minimum absolute atomic E-state index is 0.357. The summed E-state index contributed by atoms with van der Waals surface area (Å²) in [6, 6.07) is 50.6. The van der Waals surface area contributed by atoms with Gasteiger partial charge in [-0.1, -0.05) is 158 Å². The Morgan fingerprint density at radius 3 is 1.74 bits per heavy atom. The molecule has 0 fully saturated rings. The third-order valence-electron chi connectivity index (χ3n) is 10.6. The number of hydrogen-bond donors (Lipinski definition) is 0. The predicted molar refractivity (Wildman–Crippen MR) is 216 cm³/mol. The van der Waals surface area contributed by atoms with Gasteiger partial charge in [0, 0.05) is 33.4 Å². The van der Waals surface area contributed by atoms with Gasteiger partial charge in [0.25, 0.3) is 0 Å². The molecule has 0 amide bonds. The molecule has 0 aliphatic heterocycles. The van der Waals surface area contributed by atoms with Crippen LogP contribution in [-0.2, 0) is 0 Å². The van der Waals surface area contributed by atoms with Gasteiger partial charge in [0.1, 0.15) is 11.2 Å². The SMILES string of the molecule is C1=CC2=C(C=CC(c3ccc(-c4nc(-c5ccccc5)nc(-c5cccc6oc7cccc(-c8ccc(-c9ccccc9)cc8)c7c56)n4)cc3)C2)CC1. The van der Waals surface area contributed by atoms with E-state index in [1.54, 1.807) is 0 Å². The van der Waals surface area contributed by atoms with E-state index in [1.807, 2.05) is 42.5 Å². The molecule has 0 saturated carbocycles. The first kappa shape index (κ1) is 31.1. The lowest BCUT2D eigenvalue weighted by Gasteiger charge is -2.23. The third-order valence-corrected chi connectivity index (χ3v) is 10.6. The van der Waals surface area contributed by atoms with E-state index in [9.17, 15) is 0 Å². The van der Waals surface area contributed by atoms with E-state index in [0.29, 0.717) is 23.4 Å². The molecule has 0 bridgehead atoms. The number of aromatic nitrogens is 3. The van der Waals surface area contributed by atoms with Gasteiger partial charge in [0.05, 0.1) is 0 Å². The van der Waals surface area contributed by atoms with Crippen molar-refractivity contribution < 1.29 is 4.42 Å². The van der Waals surface area contributed by atoms with Crippen LogP contribution in [0.3, 0.4) is 0 Å². The van der Waals surface area contributed by atoms with Crippen molar-refractivity contribution in [3.05, 3.63) is 187 Å². The Morgan fingerprint density at radius 2 is 1.02 bits per heavy atom. The quantitative estimate of drug-likeness (QED) is 0.175. The topological polar surface area (TPSA) is 51.8 Å². The highest BCUT2D eigenvalue weighted by Crippen LogP contribution is 2.42. The molecule has 2 aliphatic rings. The summed E-state index contributed by atoms with van der Waals surface area (Å²) < 4.78 is 6.52. The molecule has 1 atom stereocenters. The van der Waals surface area contributed by atoms with E-state index >= 15 is 0 Å². The molecule has 53 heavy (non-hydrogen) atoms. The molecule has 0 saturated heterocycles. The molecule has 1 unspecified atom stereocenters. The molecule has 4 heteroatoms. The fourth-order valence-corrected chi connectivity index (χ4v) is 7.88. The third kappa shape index (κ3) is 5.79. The Bertz CT molecular complexity index is 2720. The van der Waals surface area contributed by atoms with Gasteiger partial charge in [0.2, 0.25) is 0 Å². The Balaban J connectivity index is 1.09. The van der Waals surface area contributed by atoms with Gasteiger partial charge in [-0.15, -0.1) is 0 Å². The van der Waals surface area contributed by atoms with Crippen molar-refractivity contribution in [3.63, 3.8) is 0 Å². The van der Waals surface area contributed by atoms with Crippen LogP contribution in [0.2, 0.25) is 0 Å². The second-order valence-electron chi connectivity index (χ2n) is 13.9. The van der Waals surface area contributed by atoms with Crippen LogP contribution >= 0.6 is 0 Å². The molecule has 2 aliphatic carbocycles. The number of furan rings is 1. The molecule has 10 rings (SSSR count). The highest BCUT2D eigenvalue weighted by Gasteiger charge is 2.21. The lowest BCUT2D eigenvalue weighted by molar-refractivity contribution is 0.669. The lowest BCUT2D eigenvalue weighted by atomic mass is 9.82. The van der Waals surface area contributed by atoms with Crippen LogP contribution in [0.15, 0.2) is 185 Å². The standard InChI is InChI=1S/C49H35N3O/c1-3-11-32(12-4-1)34-21-26-36(27-22-34)41-17-9-19-43-45(41)46-42(18-10-20-44(46)53-43)49-51-47(37-14-5-2-6-15-37)50-48(52-49)38-28-23-35(24-29-38)40-30-25-33-13-7-8-16-39(33)31-40/h1-6,8-12,14-30,40H,7,13,31H2. The number of nitrogens with zero attached hydrogens (tertiary/aromatic N) is 3. The first-order chi connectivity index (χ1) is 26.2. The zero-order valence-corrected chi connectivity index (χ0v) is 29.1. The lowest BCUT2D eigenvalue weighted by Crippen LogP contribution is -2.05. The Hall–Kier alpha value is -6.65. The average Bonchev–Trinajstić information content (AvgIpc) is 3.63. The van der Waals surface area contributed by atoms with E-state index in [0.717, 1.165) is 69.0 Å². The Morgan fingerprint density at radius 1 is 0.453 bits per heavy atom. The molecule has 4 nitrogen and oxygen atoms in total. The van der Waals surface area contributed by atoms with Crippen molar-refractivity contribution in [2.45, 2.75) is 25.2 Å². The van der Waals surface area contributed by atoms with Gasteiger partial charge >= 0.3 is 0 Å². The first-order valence-electron chi connectivity index (χ1n) is 18.3. The van der Waals surface area contributed by atoms with Gasteiger partial charge < -0.3 is 4.42 Å². The first-order valence-corrected chi connectivity index (χ1v) is 18.3. The van der Waals surface area contributed by atoms with Crippen LogP contribution in [0.1, 0.15) is 30.7 Å². The normalized spacial score (nSPS) is 15.3. The van der Waals surface area contributed by atoms with Crippen molar-refractivity contribution >= 4 is 21.9 Å². The van der Waals surface area contributed by atoms with Crippen molar-refractivity contribution in [2.24, 2.45) is 0 Å². The Labute approximate surface area is 308 Å². The van der Waals surface area contributed by atoms with E-state index in [2.05, 4.69) is 127 Å². The summed E-state index contributed by atoms with van der Waals surface area (Å²) in [7, 11) is 0. The van der Waals surface area contributed by atoms with Gasteiger partial charge in [-0.05, 0) is 70.4 Å². The summed E-state index contributed by atoms with van der Waals surface area (Å²) in [5.41, 5.74) is 13.3. The predicted octanol–water partition coefficient (Wildman–Crippen LogP) is 12.8. The zero-order chi connectivity index (χ0) is 35.1. The number of fused-ring (bicyclic) bond motifs is 3.